The highest BCUT2D eigenvalue weighted by molar-refractivity contribution is 5.93. The second-order valence-electron chi connectivity index (χ2n) is 7.00. The average molecular weight is 345 g/mol. The summed E-state index contributed by atoms with van der Waals surface area (Å²) in [7, 11) is 0. The number of carbonyl (C=O) groups excluding carboxylic acids is 3. The molecule has 0 aliphatic carbocycles. The SMILES string of the molecule is CC(=O)Nc1ccc(NC(=O)C2CCN(C(=O)CC(C)C)CC2)cc1. The zero-order valence-corrected chi connectivity index (χ0v) is 15.2. The van der Waals surface area contributed by atoms with Crippen LogP contribution in [0.3, 0.4) is 0 Å². The van der Waals surface area contributed by atoms with E-state index in [1.165, 1.54) is 6.92 Å². The topological polar surface area (TPSA) is 78.5 Å². The zero-order chi connectivity index (χ0) is 18.4. The van der Waals surface area contributed by atoms with Crippen molar-refractivity contribution in [1.29, 1.82) is 0 Å². The molecule has 0 aromatic heterocycles. The molecular weight excluding hydrogens is 318 g/mol. The number of hydrogen-bond donors (Lipinski definition) is 2. The second-order valence-corrected chi connectivity index (χ2v) is 7.00. The normalized spacial score (nSPS) is 15.1. The van der Waals surface area contributed by atoms with Crippen LogP contribution in [-0.4, -0.2) is 35.7 Å². The molecule has 136 valence electrons. The van der Waals surface area contributed by atoms with Gasteiger partial charge in [-0.05, 0) is 43.0 Å². The van der Waals surface area contributed by atoms with E-state index in [1.807, 2.05) is 18.7 Å². The Morgan fingerprint density at radius 1 is 1.04 bits per heavy atom. The molecule has 2 N–H and O–H groups in total. The van der Waals surface area contributed by atoms with E-state index in [4.69, 9.17) is 0 Å². The van der Waals surface area contributed by atoms with E-state index >= 15 is 0 Å². The van der Waals surface area contributed by atoms with Crippen LogP contribution in [0.5, 0.6) is 0 Å². The van der Waals surface area contributed by atoms with Crippen molar-refractivity contribution in [3.05, 3.63) is 24.3 Å². The van der Waals surface area contributed by atoms with Crippen LogP contribution in [0, 0.1) is 11.8 Å². The molecule has 0 saturated carbocycles. The van der Waals surface area contributed by atoms with E-state index in [0.717, 1.165) is 0 Å². The van der Waals surface area contributed by atoms with Crippen molar-refractivity contribution in [1.82, 2.24) is 4.90 Å². The van der Waals surface area contributed by atoms with Gasteiger partial charge in [-0.1, -0.05) is 13.8 Å². The van der Waals surface area contributed by atoms with Crippen LogP contribution < -0.4 is 10.6 Å². The van der Waals surface area contributed by atoms with Crippen molar-refractivity contribution < 1.29 is 14.4 Å². The van der Waals surface area contributed by atoms with Gasteiger partial charge in [-0.3, -0.25) is 14.4 Å². The summed E-state index contributed by atoms with van der Waals surface area (Å²) in [4.78, 5) is 37.4. The first-order chi connectivity index (χ1) is 11.8. The Morgan fingerprint density at radius 3 is 2.04 bits per heavy atom. The lowest BCUT2D eigenvalue weighted by molar-refractivity contribution is -0.135. The lowest BCUT2D eigenvalue weighted by Gasteiger charge is -2.31. The summed E-state index contributed by atoms with van der Waals surface area (Å²) in [6, 6.07) is 7.04. The third-order valence-electron chi connectivity index (χ3n) is 4.27. The minimum atomic E-state index is -0.129. The molecule has 2 rings (SSSR count). The first kappa shape index (κ1) is 19.0. The maximum atomic E-state index is 12.4. The summed E-state index contributed by atoms with van der Waals surface area (Å²) < 4.78 is 0. The summed E-state index contributed by atoms with van der Waals surface area (Å²) in [5, 5.41) is 5.60. The molecule has 0 spiro atoms. The minimum absolute atomic E-state index is 0.0109. The molecule has 1 aliphatic rings. The van der Waals surface area contributed by atoms with Gasteiger partial charge in [0.2, 0.25) is 17.7 Å². The summed E-state index contributed by atoms with van der Waals surface area (Å²) >= 11 is 0. The third-order valence-corrected chi connectivity index (χ3v) is 4.27. The van der Waals surface area contributed by atoms with Crippen molar-refractivity contribution in [2.75, 3.05) is 23.7 Å². The molecule has 1 aromatic rings. The van der Waals surface area contributed by atoms with Gasteiger partial charge < -0.3 is 15.5 Å². The van der Waals surface area contributed by atoms with Crippen LogP contribution in [0.2, 0.25) is 0 Å². The Morgan fingerprint density at radius 2 is 1.56 bits per heavy atom. The number of benzene rings is 1. The molecule has 1 heterocycles. The molecular formula is C19H27N3O3. The van der Waals surface area contributed by atoms with E-state index < -0.39 is 0 Å². The number of rotatable bonds is 5. The van der Waals surface area contributed by atoms with Crippen LogP contribution in [0.1, 0.15) is 40.0 Å². The number of likely N-dealkylation sites (tertiary alicyclic amines) is 1. The standard InChI is InChI=1S/C19H27N3O3/c1-13(2)12-18(24)22-10-8-15(9-11-22)19(25)21-17-6-4-16(5-7-17)20-14(3)23/h4-7,13,15H,8-12H2,1-3H3,(H,20,23)(H,21,25). The van der Waals surface area contributed by atoms with E-state index in [9.17, 15) is 14.4 Å². The number of nitrogens with one attached hydrogen (secondary N) is 2. The Balaban J connectivity index is 1.82. The molecule has 0 radical (unpaired) electrons. The molecule has 1 fully saturated rings. The fraction of sp³-hybridized carbons (Fsp3) is 0.526. The summed E-state index contributed by atoms with van der Waals surface area (Å²) in [6.07, 6.45) is 1.96. The van der Waals surface area contributed by atoms with Crippen LogP contribution in [0.15, 0.2) is 24.3 Å². The number of amides is 3. The first-order valence-electron chi connectivity index (χ1n) is 8.81. The van der Waals surface area contributed by atoms with E-state index in [2.05, 4.69) is 10.6 Å². The van der Waals surface area contributed by atoms with Gasteiger partial charge in [-0.15, -0.1) is 0 Å². The average Bonchev–Trinajstić information content (AvgIpc) is 2.55. The molecule has 25 heavy (non-hydrogen) atoms. The number of anilines is 2. The maximum Gasteiger partial charge on any atom is 0.227 e. The quantitative estimate of drug-likeness (QED) is 0.861. The van der Waals surface area contributed by atoms with Crippen molar-refractivity contribution in [3.63, 3.8) is 0 Å². The van der Waals surface area contributed by atoms with Gasteiger partial charge in [-0.2, -0.15) is 0 Å². The van der Waals surface area contributed by atoms with Gasteiger partial charge in [0.1, 0.15) is 0 Å². The van der Waals surface area contributed by atoms with Gasteiger partial charge in [0.15, 0.2) is 0 Å². The highest BCUT2D eigenvalue weighted by Crippen LogP contribution is 2.21. The predicted octanol–water partition coefficient (Wildman–Crippen LogP) is 2.87. The fourth-order valence-electron chi connectivity index (χ4n) is 2.95. The van der Waals surface area contributed by atoms with Crippen LogP contribution >= 0.6 is 0 Å². The van der Waals surface area contributed by atoms with Gasteiger partial charge in [0.25, 0.3) is 0 Å². The summed E-state index contributed by atoms with van der Waals surface area (Å²) in [5.41, 5.74) is 1.40. The Bertz CT molecular complexity index is 617. The molecule has 1 aromatic carbocycles. The van der Waals surface area contributed by atoms with Crippen LogP contribution in [0.25, 0.3) is 0 Å². The second kappa shape index (κ2) is 8.65. The number of nitrogens with zero attached hydrogens (tertiary/aromatic N) is 1. The largest absolute Gasteiger partial charge is 0.343 e. The maximum absolute atomic E-state index is 12.4. The van der Waals surface area contributed by atoms with Crippen molar-refractivity contribution in [2.45, 2.75) is 40.0 Å². The van der Waals surface area contributed by atoms with Crippen molar-refractivity contribution in [3.8, 4) is 0 Å². The smallest absolute Gasteiger partial charge is 0.227 e. The Hall–Kier alpha value is -2.37. The molecule has 1 saturated heterocycles. The highest BCUT2D eigenvalue weighted by Gasteiger charge is 2.27. The lowest BCUT2D eigenvalue weighted by Crippen LogP contribution is -2.41. The zero-order valence-electron chi connectivity index (χ0n) is 15.2. The number of hydrogen-bond acceptors (Lipinski definition) is 3. The predicted molar refractivity (Wildman–Crippen MR) is 98.1 cm³/mol. The Kier molecular flexibility index (Phi) is 6.56. The summed E-state index contributed by atoms with van der Waals surface area (Å²) in [6.45, 7) is 6.81. The molecule has 0 atom stereocenters. The third kappa shape index (κ3) is 5.89. The van der Waals surface area contributed by atoms with Gasteiger partial charge >= 0.3 is 0 Å². The lowest BCUT2D eigenvalue weighted by atomic mass is 9.95. The summed E-state index contributed by atoms with van der Waals surface area (Å²) in [5.74, 6) is 0.327. The molecule has 3 amide bonds. The number of carbonyl (C=O) groups is 3. The fourth-order valence-corrected chi connectivity index (χ4v) is 2.95. The number of piperidine rings is 1. The van der Waals surface area contributed by atoms with E-state index in [1.54, 1.807) is 24.3 Å². The van der Waals surface area contributed by atoms with E-state index in [0.29, 0.717) is 49.6 Å². The van der Waals surface area contributed by atoms with Gasteiger partial charge in [0, 0.05) is 43.7 Å². The van der Waals surface area contributed by atoms with E-state index in [-0.39, 0.29) is 23.6 Å². The Labute approximate surface area is 149 Å². The van der Waals surface area contributed by atoms with Gasteiger partial charge in [-0.25, -0.2) is 0 Å². The van der Waals surface area contributed by atoms with Crippen molar-refractivity contribution in [2.24, 2.45) is 11.8 Å². The van der Waals surface area contributed by atoms with Crippen molar-refractivity contribution >= 4 is 29.1 Å². The molecule has 1 aliphatic heterocycles. The first-order valence-corrected chi connectivity index (χ1v) is 8.81. The molecule has 6 heteroatoms. The van der Waals surface area contributed by atoms with Gasteiger partial charge in [0.05, 0.1) is 0 Å². The molecule has 0 bridgehead atoms. The monoisotopic (exact) mass is 345 g/mol. The minimum Gasteiger partial charge on any atom is -0.343 e. The highest BCUT2D eigenvalue weighted by atomic mass is 16.2. The molecule has 0 unspecified atom stereocenters. The molecule has 6 nitrogen and oxygen atoms in total. The van der Waals surface area contributed by atoms with Crippen LogP contribution in [0.4, 0.5) is 11.4 Å². The van der Waals surface area contributed by atoms with Crippen LogP contribution in [-0.2, 0) is 14.4 Å².